The maximum Gasteiger partial charge on any atom is 0.407 e. The second kappa shape index (κ2) is 15.6. The van der Waals surface area contributed by atoms with Gasteiger partial charge in [0.25, 0.3) is 0 Å². The number of amides is 5. The number of carbonyl (C=O) groups is 5. The van der Waals surface area contributed by atoms with E-state index in [2.05, 4.69) is 21.3 Å². The van der Waals surface area contributed by atoms with Crippen molar-refractivity contribution in [1.82, 2.24) is 21.3 Å². The summed E-state index contributed by atoms with van der Waals surface area (Å²) in [5.41, 5.74) is 7.02. The van der Waals surface area contributed by atoms with Gasteiger partial charge in [-0.15, -0.1) is 0 Å². The topological polar surface area (TPSA) is 169 Å². The predicted octanol–water partition coefficient (Wildman–Crippen LogP) is 0.773. The predicted molar refractivity (Wildman–Crippen MR) is 140 cm³/mol. The van der Waals surface area contributed by atoms with Crippen LogP contribution in [0.3, 0.4) is 0 Å². The van der Waals surface area contributed by atoms with Gasteiger partial charge in [0.15, 0.2) is 0 Å². The number of ether oxygens (including phenoxy) is 1. The van der Waals surface area contributed by atoms with Crippen molar-refractivity contribution in [3.63, 3.8) is 0 Å². The molecule has 2 aromatic rings. The number of nitrogens with two attached hydrogens (primary N) is 1. The summed E-state index contributed by atoms with van der Waals surface area (Å²) >= 11 is 0. The number of hydrogen-bond acceptors (Lipinski definition) is 6. The Kier molecular flexibility index (Phi) is 12.3. The Morgan fingerprint density at radius 2 is 1.34 bits per heavy atom. The molecule has 0 aromatic heterocycles. The maximum atomic E-state index is 13.0. The number of carbonyl (C=O) groups excluding carboxylic acids is 5. The van der Waals surface area contributed by atoms with Gasteiger partial charge in [0.05, 0.1) is 6.54 Å². The monoisotopic (exact) mass is 525 g/mol. The molecule has 11 heteroatoms. The molecule has 2 rings (SSSR count). The molecule has 38 heavy (non-hydrogen) atoms. The maximum absolute atomic E-state index is 13.0. The number of nitrogens with one attached hydrogen (secondary N) is 4. The molecule has 0 fully saturated rings. The molecule has 0 aliphatic rings. The first-order valence-electron chi connectivity index (χ1n) is 12.3. The molecule has 0 bridgehead atoms. The first kappa shape index (κ1) is 29.8. The standard InChI is InChI=1S/C27H35N5O6/c1-18(2)13-21(25(28)35)32-26(36)22(14-19-9-5-3-6-10-19)31-24(34)16-29-23(33)15-30-27(37)38-17-20-11-7-4-8-12-20/h3-12,18,21-22H,13-17H2,1-2H3,(H2,28,35)(H,29,33)(H,30,37)(H,31,34)(H,32,36)/t21-,22-/m0/s1. The van der Waals surface area contributed by atoms with Gasteiger partial charge in [0, 0.05) is 6.42 Å². The smallest absolute Gasteiger partial charge is 0.407 e. The van der Waals surface area contributed by atoms with Gasteiger partial charge >= 0.3 is 6.09 Å². The van der Waals surface area contributed by atoms with Gasteiger partial charge in [-0.2, -0.15) is 0 Å². The number of rotatable bonds is 14. The van der Waals surface area contributed by atoms with Crippen molar-refractivity contribution in [2.75, 3.05) is 13.1 Å². The van der Waals surface area contributed by atoms with E-state index >= 15 is 0 Å². The van der Waals surface area contributed by atoms with Crippen molar-refractivity contribution >= 4 is 29.7 Å². The van der Waals surface area contributed by atoms with E-state index in [1.54, 1.807) is 36.4 Å². The van der Waals surface area contributed by atoms with Crippen LogP contribution < -0.4 is 27.0 Å². The van der Waals surface area contributed by atoms with Gasteiger partial charge < -0.3 is 31.7 Å². The molecular weight excluding hydrogens is 490 g/mol. The van der Waals surface area contributed by atoms with E-state index in [-0.39, 0.29) is 18.9 Å². The normalized spacial score (nSPS) is 12.1. The zero-order valence-corrected chi connectivity index (χ0v) is 21.6. The fourth-order valence-corrected chi connectivity index (χ4v) is 3.46. The summed E-state index contributed by atoms with van der Waals surface area (Å²) in [7, 11) is 0. The lowest BCUT2D eigenvalue weighted by Gasteiger charge is -2.23. The molecule has 0 saturated heterocycles. The van der Waals surface area contributed by atoms with Crippen LogP contribution in [0.15, 0.2) is 60.7 Å². The highest BCUT2D eigenvalue weighted by atomic mass is 16.5. The lowest BCUT2D eigenvalue weighted by molar-refractivity contribution is -0.131. The average Bonchev–Trinajstić information content (AvgIpc) is 2.89. The summed E-state index contributed by atoms with van der Waals surface area (Å²) in [5, 5.41) is 9.89. The first-order chi connectivity index (χ1) is 18.1. The zero-order valence-electron chi connectivity index (χ0n) is 21.6. The van der Waals surface area contributed by atoms with Gasteiger partial charge in [-0.3, -0.25) is 19.2 Å². The molecule has 0 aliphatic carbocycles. The van der Waals surface area contributed by atoms with E-state index in [0.29, 0.717) is 6.42 Å². The van der Waals surface area contributed by atoms with Crippen LogP contribution >= 0.6 is 0 Å². The van der Waals surface area contributed by atoms with Gasteiger partial charge in [-0.1, -0.05) is 74.5 Å². The minimum Gasteiger partial charge on any atom is -0.445 e. The largest absolute Gasteiger partial charge is 0.445 e. The van der Waals surface area contributed by atoms with E-state index < -0.39 is 54.9 Å². The number of primary amides is 1. The highest BCUT2D eigenvalue weighted by Crippen LogP contribution is 2.07. The van der Waals surface area contributed by atoms with Crippen LogP contribution in [0.5, 0.6) is 0 Å². The zero-order chi connectivity index (χ0) is 27.9. The molecule has 6 N–H and O–H groups in total. The summed E-state index contributed by atoms with van der Waals surface area (Å²) in [4.78, 5) is 61.2. The van der Waals surface area contributed by atoms with Gasteiger partial charge in [-0.25, -0.2) is 4.79 Å². The van der Waals surface area contributed by atoms with Gasteiger partial charge in [0.2, 0.25) is 23.6 Å². The van der Waals surface area contributed by atoms with Gasteiger partial charge in [0.1, 0.15) is 25.2 Å². The van der Waals surface area contributed by atoms with Crippen LogP contribution in [0, 0.1) is 5.92 Å². The van der Waals surface area contributed by atoms with Crippen molar-refractivity contribution < 1.29 is 28.7 Å². The first-order valence-corrected chi connectivity index (χ1v) is 12.3. The Morgan fingerprint density at radius 1 is 0.763 bits per heavy atom. The van der Waals surface area contributed by atoms with Crippen LogP contribution in [-0.4, -0.2) is 54.9 Å². The summed E-state index contributed by atoms with van der Waals surface area (Å²) in [6.45, 7) is 3.01. The molecule has 0 spiro atoms. The van der Waals surface area contributed by atoms with E-state index in [9.17, 15) is 24.0 Å². The molecule has 0 radical (unpaired) electrons. The number of hydrogen-bond donors (Lipinski definition) is 5. The van der Waals surface area contributed by atoms with Crippen molar-refractivity contribution in [2.24, 2.45) is 11.7 Å². The number of alkyl carbamates (subject to hydrolysis) is 1. The molecule has 204 valence electrons. The minimum absolute atomic E-state index is 0.0509. The Hall–Kier alpha value is -4.41. The second-order valence-corrected chi connectivity index (χ2v) is 9.09. The molecule has 2 atom stereocenters. The lowest BCUT2D eigenvalue weighted by Crippen LogP contribution is -2.55. The van der Waals surface area contributed by atoms with Crippen molar-refractivity contribution in [3.05, 3.63) is 71.8 Å². The summed E-state index contributed by atoms with van der Waals surface area (Å²) in [6.07, 6.45) is -0.267. The molecule has 11 nitrogen and oxygen atoms in total. The minimum atomic E-state index is -1.01. The molecule has 0 heterocycles. The molecule has 2 aromatic carbocycles. The summed E-state index contributed by atoms with van der Waals surface area (Å²) in [6, 6.07) is 16.2. The van der Waals surface area contributed by atoms with E-state index in [4.69, 9.17) is 10.5 Å². The molecular formula is C27H35N5O6. The van der Waals surface area contributed by atoms with Crippen molar-refractivity contribution in [1.29, 1.82) is 0 Å². The SMILES string of the molecule is CC(C)C[C@H](NC(=O)[C@H](Cc1ccccc1)NC(=O)CNC(=O)CNC(=O)OCc1ccccc1)C(N)=O. The Morgan fingerprint density at radius 3 is 1.92 bits per heavy atom. The quantitative estimate of drug-likeness (QED) is 0.244. The third-order valence-electron chi connectivity index (χ3n) is 5.35. The summed E-state index contributed by atoms with van der Waals surface area (Å²) < 4.78 is 5.03. The van der Waals surface area contributed by atoms with E-state index in [0.717, 1.165) is 11.1 Å². The molecule has 0 saturated carbocycles. The molecule has 0 aliphatic heterocycles. The number of benzene rings is 2. The van der Waals surface area contributed by atoms with Crippen molar-refractivity contribution in [2.45, 2.75) is 45.4 Å². The Bertz CT molecular complexity index is 1080. The molecule has 0 unspecified atom stereocenters. The third kappa shape index (κ3) is 11.5. The highest BCUT2D eigenvalue weighted by molar-refractivity contribution is 5.93. The Labute approximate surface area is 221 Å². The fraction of sp³-hybridized carbons (Fsp3) is 0.370. The van der Waals surface area contributed by atoms with Crippen LogP contribution in [0.2, 0.25) is 0 Å². The van der Waals surface area contributed by atoms with Crippen LogP contribution in [0.4, 0.5) is 4.79 Å². The second-order valence-electron chi connectivity index (χ2n) is 9.09. The third-order valence-corrected chi connectivity index (χ3v) is 5.35. The van der Waals surface area contributed by atoms with Crippen molar-refractivity contribution in [3.8, 4) is 0 Å². The van der Waals surface area contributed by atoms with Crippen LogP contribution in [0.1, 0.15) is 31.4 Å². The lowest BCUT2D eigenvalue weighted by atomic mass is 10.0. The van der Waals surface area contributed by atoms with E-state index in [1.165, 1.54) is 0 Å². The Balaban J connectivity index is 1.86. The van der Waals surface area contributed by atoms with Crippen LogP contribution in [0.25, 0.3) is 0 Å². The fourth-order valence-electron chi connectivity index (χ4n) is 3.46. The molecule has 5 amide bonds. The van der Waals surface area contributed by atoms with Crippen LogP contribution in [-0.2, 0) is 36.9 Å². The van der Waals surface area contributed by atoms with E-state index in [1.807, 2.05) is 38.1 Å². The average molecular weight is 526 g/mol. The van der Waals surface area contributed by atoms with Gasteiger partial charge in [-0.05, 0) is 23.5 Å². The highest BCUT2D eigenvalue weighted by Gasteiger charge is 2.26. The summed E-state index contributed by atoms with van der Waals surface area (Å²) in [5.74, 6) is -2.37.